The Morgan fingerprint density at radius 1 is 1.47 bits per heavy atom. The molecule has 1 amide bonds. The van der Waals surface area contributed by atoms with Gasteiger partial charge in [0, 0.05) is 5.54 Å². The maximum Gasteiger partial charge on any atom is 0.329 e. The fraction of sp³-hybridized carbons (Fsp3) is 0.800. The molecule has 2 N–H and O–H groups in total. The standard InChI is InChI=1S/C10H19NO4/c1-5-10(3,4)11-9(14)7(2)15-6-8(12)13/h7H,5-6H2,1-4H3,(H,11,14)(H,12,13). The Morgan fingerprint density at radius 3 is 2.40 bits per heavy atom. The summed E-state index contributed by atoms with van der Waals surface area (Å²) in [7, 11) is 0. The van der Waals surface area contributed by atoms with E-state index in [4.69, 9.17) is 9.84 Å². The molecule has 0 fully saturated rings. The zero-order valence-corrected chi connectivity index (χ0v) is 9.66. The van der Waals surface area contributed by atoms with Crippen molar-refractivity contribution in [1.82, 2.24) is 5.32 Å². The summed E-state index contributed by atoms with van der Waals surface area (Å²) in [4.78, 5) is 21.7. The van der Waals surface area contributed by atoms with Crippen molar-refractivity contribution < 1.29 is 19.4 Å². The lowest BCUT2D eigenvalue weighted by Gasteiger charge is -2.26. The molecule has 1 unspecified atom stereocenters. The van der Waals surface area contributed by atoms with Gasteiger partial charge < -0.3 is 15.2 Å². The summed E-state index contributed by atoms with van der Waals surface area (Å²) < 4.78 is 4.84. The zero-order valence-electron chi connectivity index (χ0n) is 9.66. The highest BCUT2D eigenvalue weighted by molar-refractivity contribution is 5.81. The monoisotopic (exact) mass is 217 g/mol. The molecule has 0 aromatic carbocycles. The van der Waals surface area contributed by atoms with Crippen LogP contribution in [-0.4, -0.2) is 35.2 Å². The quantitative estimate of drug-likeness (QED) is 0.689. The molecule has 1 atom stereocenters. The fourth-order valence-corrected chi connectivity index (χ4v) is 0.796. The average Bonchev–Trinajstić information content (AvgIpc) is 2.13. The van der Waals surface area contributed by atoms with E-state index in [1.807, 2.05) is 20.8 Å². The molecule has 0 aliphatic carbocycles. The molecule has 0 aromatic heterocycles. The van der Waals surface area contributed by atoms with Gasteiger partial charge in [-0.2, -0.15) is 0 Å². The van der Waals surface area contributed by atoms with Gasteiger partial charge in [0.15, 0.2) is 0 Å². The molecular weight excluding hydrogens is 198 g/mol. The van der Waals surface area contributed by atoms with E-state index < -0.39 is 18.7 Å². The molecule has 0 radical (unpaired) electrons. The summed E-state index contributed by atoms with van der Waals surface area (Å²) in [6, 6.07) is 0. The summed E-state index contributed by atoms with van der Waals surface area (Å²) in [5.41, 5.74) is -0.294. The SMILES string of the molecule is CCC(C)(C)NC(=O)C(C)OCC(=O)O. The second-order valence-electron chi connectivity index (χ2n) is 4.07. The molecule has 0 spiro atoms. The maximum absolute atomic E-state index is 11.5. The minimum Gasteiger partial charge on any atom is -0.480 e. The van der Waals surface area contributed by atoms with Crippen molar-refractivity contribution in [2.75, 3.05) is 6.61 Å². The van der Waals surface area contributed by atoms with E-state index in [-0.39, 0.29) is 11.4 Å². The molecule has 15 heavy (non-hydrogen) atoms. The Balaban J connectivity index is 4.04. The number of carboxylic acid groups (broad SMARTS) is 1. The van der Waals surface area contributed by atoms with Crippen LogP contribution in [0.4, 0.5) is 0 Å². The molecule has 5 heteroatoms. The van der Waals surface area contributed by atoms with E-state index >= 15 is 0 Å². The van der Waals surface area contributed by atoms with E-state index in [0.29, 0.717) is 0 Å². The van der Waals surface area contributed by atoms with Gasteiger partial charge in [0.25, 0.3) is 0 Å². The van der Waals surface area contributed by atoms with Crippen LogP contribution < -0.4 is 5.32 Å². The lowest BCUT2D eigenvalue weighted by molar-refractivity contribution is -0.147. The Kier molecular flexibility index (Phi) is 5.28. The Morgan fingerprint density at radius 2 is 2.00 bits per heavy atom. The van der Waals surface area contributed by atoms with Crippen LogP contribution in [0.3, 0.4) is 0 Å². The van der Waals surface area contributed by atoms with Crippen molar-refractivity contribution in [3.05, 3.63) is 0 Å². The highest BCUT2D eigenvalue weighted by Crippen LogP contribution is 2.07. The predicted octanol–water partition coefficient (Wildman–Crippen LogP) is 0.781. The number of amides is 1. The highest BCUT2D eigenvalue weighted by Gasteiger charge is 2.22. The number of carboxylic acids is 1. The lowest BCUT2D eigenvalue weighted by Crippen LogP contribution is -2.47. The number of rotatable bonds is 6. The predicted molar refractivity (Wildman–Crippen MR) is 55.6 cm³/mol. The largest absolute Gasteiger partial charge is 0.480 e. The molecule has 0 heterocycles. The molecule has 88 valence electrons. The van der Waals surface area contributed by atoms with E-state index in [0.717, 1.165) is 6.42 Å². The highest BCUT2D eigenvalue weighted by atomic mass is 16.5. The Labute approximate surface area is 89.8 Å². The minimum absolute atomic E-state index is 0.289. The summed E-state index contributed by atoms with van der Waals surface area (Å²) >= 11 is 0. The lowest BCUT2D eigenvalue weighted by atomic mass is 10.0. The summed E-state index contributed by atoms with van der Waals surface area (Å²) in [5, 5.41) is 11.1. The second kappa shape index (κ2) is 5.70. The topological polar surface area (TPSA) is 75.6 Å². The van der Waals surface area contributed by atoms with E-state index in [1.54, 1.807) is 0 Å². The molecule has 0 saturated carbocycles. The summed E-state index contributed by atoms with van der Waals surface area (Å²) in [5.74, 6) is -1.37. The van der Waals surface area contributed by atoms with Gasteiger partial charge in [-0.1, -0.05) is 6.92 Å². The van der Waals surface area contributed by atoms with Crippen molar-refractivity contribution in [3.63, 3.8) is 0 Å². The molecular formula is C10H19NO4. The van der Waals surface area contributed by atoms with Crippen molar-refractivity contribution >= 4 is 11.9 Å². The first-order chi connectivity index (χ1) is 6.78. The van der Waals surface area contributed by atoms with Crippen molar-refractivity contribution in [3.8, 4) is 0 Å². The number of hydrogen-bond donors (Lipinski definition) is 2. The third-order valence-electron chi connectivity index (χ3n) is 2.17. The third-order valence-corrected chi connectivity index (χ3v) is 2.17. The van der Waals surface area contributed by atoms with Crippen molar-refractivity contribution in [2.45, 2.75) is 45.8 Å². The number of hydrogen-bond acceptors (Lipinski definition) is 3. The van der Waals surface area contributed by atoms with Crippen LogP contribution in [0.25, 0.3) is 0 Å². The van der Waals surface area contributed by atoms with Crippen LogP contribution in [-0.2, 0) is 14.3 Å². The van der Waals surface area contributed by atoms with Crippen molar-refractivity contribution in [2.24, 2.45) is 0 Å². The molecule has 0 aliphatic heterocycles. The molecule has 0 aromatic rings. The van der Waals surface area contributed by atoms with Crippen LogP contribution in [0.2, 0.25) is 0 Å². The van der Waals surface area contributed by atoms with Gasteiger partial charge >= 0.3 is 5.97 Å². The molecule has 0 bridgehead atoms. The van der Waals surface area contributed by atoms with Gasteiger partial charge in [0.1, 0.15) is 12.7 Å². The van der Waals surface area contributed by atoms with Gasteiger partial charge in [-0.25, -0.2) is 4.79 Å². The van der Waals surface area contributed by atoms with Crippen LogP contribution in [0.1, 0.15) is 34.1 Å². The van der Waals surface area contributed by atoms with Gasteiger partial charge in [-0.3, -0.25) is 4.79 Å². The van der Waals surface area contributed by atoms with Gasteiger partial charge in [0.2, 0.25) is 5.91 Å². The van der Waals surface area contributed by atoms with E-state index in [2.05, 4.69) is 5.32 Å². The number of ether oxygens (including phenoxy) is 1. The molecule has 0 rings (SSSR count). The first-order valence-electron chi connectivity index (χ1n) is 4.94. The fourth-order valence-electron chi connectivity index (χ4n) is 0.796. The van der Waals surface area contributed by atoms with Gasteiger partial charge in [0.05, 0.1) is 0 Å². The van der Waals surface area contributed by atoms with Crippen LogP contribution in [0.5, 0.6) is 0 Å². The number of nitrogens with one attached hydrogen (secondary N) is 1. The number of carbonyl (C=O) groups is 2. The molecule has 0 saturated heterocycles. The van der Waals surface area contributed by atoms with Gasteiger partial charge in [-0.15, -0.1) is 0 Å². The molecule has 5 nitrogen and oxygen atoms in total. The van der Waals surface area contributed by atoms with Crippen LogP contribution in [0.15, 0.2) is 0 Å². The first-order valence-corrected chi connectivity index (χ1v) is 4.94. The second-order valence-corrected chi connectivity index (χ2v) is 4.07. The maximum atomic E-state index is 11.5. The zero-order chi connectivity index (χ0) is 12.1. The Bertz CT molecular complexity index is 238. The summed E-state index contributed by atoms with van der Waals surface area (Å²) in [6.45, 7) is 6.83. The minimum atomic E-state index is -1.08. The number of aliphatic carboxylic acids is 1. The van der Waals surface area contributed by atoms with E-state index in [9.17, 15) is 9.59 Å². The summed E-state index contributed by atoms with van der Waals surface area (Å²) in [6.07, 6.45) is 0.0524. The van der Waals surface area contributed by atoms with E-state index in [1.165, 1.54) is 6.92 Å². The number of carbonyl (C=O) groups excluding carboxylic acids is 1. The third kappa shape index (κ3) is 6.06. The van der Waals surface area contributed by atoms with Crippen LogP contribution >= 0.6 is 0 Å². The average molecular weight is 217 g/mol. The molecule has 0 aliphatic rings. The first kappa shape index (κ1) is 13.9. The smallest absolute Gasteiger partial charge is 0.329 e. The Hall–Kier alpha value is -1.10. The van der Waals surface area contributed by atoms with Crippen molar-refractivity contribution in [1.29, 1.82) is 0 Å². The van der Waals surface area contributed by atoms with Gasteiger partial charge in [-0.05, 0) is 27.2 Å². The normalized spacial score (nSPS) is 13.3. The van der Waals surface area contributed by atoms with Crippen LogP contribution in [0, 0.1) is 0 Å².